The molecule has 1 N–H and O–H groups in total. The molecule has 0 atom stereocenters. The van der Waals surface area contributed by atoms with Gasteiger partial charge in [-0.25, -0.2) is 9.97 Å². The van der Waals surface area contributed by atoms with E-state index in [1.165, 1.54) is 24.3 Å². The molecule has 0 unspecified atom stereocenters. The topological polar surface area (TPSA) is 72.0 Å². The number of hydrogen-bond acceptors (Lipinski definition) is 5. The van der Waals surface area contributed by atoms with Crippen LogP contribution in [0.5, 0.6) is 0 Å². The third-order valence-corrected chi connectivity index (χ3v) is 4.87. The van der Waals surface area contributed by atoms with Crippen LogP contribution in [0.15, 0.2) is 83.8 Å². The summed E-state index contributed by atoms with van der Waals surface area (Å²) in [6.45, 7) is 0. The summed E-state index contributed by atoms with van der Waals surface area (Å²) < 4.78 is 35.0. The van der Waals surface area contributed by atoms with Crippen molar-refractivity contribution in [2.75, 3.05) is 5.32 Å². The molecule has 0 bridgehead atoms. The van der Waals surface area contributed by atoms with Crippen molar-refractivity contribution in [2.45, 2.75) is 4.90 Å². The summed E-state index contributed by atoms with van der Waals surface area (Å²) in [7, 11) is -4.72. The minimum absolute atomic E-state index is 0.384. The number of hydrogen-bond donors (Lipinski definition) is 1. The Labute approximate surface area is 155 Å². The second-order valence-electron chi connectivity index (χ2n) is 5.87. The van der Waals surface area contributed by atoms with Crippen LogP contribution in [-0.4, -0.2) is 18.4 Å². The second-order valence-corrected chi connectivity index (χ2v) is 7.21. The van der Waals surface area contributed by atoms with Crippen LogP contribution in [0.1, 0.15) is 0 Å². The van der Waals surface area contributed by atoms with Gasteiger partial charge in [0.1, 0.15) is 5.82 Å². The highest BCUT2D eigenvalue weighted by Crippen LogP contribution is 2.27. The number of para-hydroxylation sites is 1. The molecule has 0 fully saturated rings. The second kappa shape index (κ2) is 6.77. The minimum Gasteiger partial charge on any atom is -0.340 e. The zero-order valence-electron chi connectivity index (χ0n) is 14.0. The predicted octanol–water partition coefficient (Wildman–Crippen LogP) is 4.70. The molecule has 4 aromatic rings. The Kier molecular flexibility index (Phi) is 4.29. The fourth-order valence-electron chi connectivity index (χ4n) is 2.73. The molecule has 5 nitrogen and oxygen atoms in total. The third-order valence-electron chi connectivity index (χ3n) is 4.03. The summed E-state index contributed by atoms with van der Waals surface area (Å²) in [5, 5.41) is 3.99. The Morgan fingerprint density at radius 3 is 2.15 bits per heavy atom. The van der Waals surface area contributed by atoms with Crippen LogP contribution in [0.25, 0.3) is 22.3 Å². The van der Waals surface area contributed by atoms with Gasteiger partial charge in [0.05, 0.1) is 10.4 Å². The molecule has 0 radical (unpaired) electrons. The fourth-order valence-corrected chi connectivity index (χ4v) is 3.19. The van der Waals surface area contributed by atoms with Gasteiger partial charge < -0.3 is 5.32 Å². The lowest BCUT2D eigenvalue weighted by Gasteiger charge is -2.11. The standard InChI is InChI=1S/C20H14FN3O2S/c21-27(25,26)16-12-10-15(11-13-16)22-20-17-8-4-5-9-18(17)23-19(24-20)14-6-2-1-3-7-14/h1-13H,(H,22,23,24). The molecule has 3 aromatic carbocycles. The number of halogens is 1. The van der Waals surface area contributed by atoms with Gasteiger partial charge in [0.25, 0.3) is 0 Å². The average molecular weight is 379 g/mol. The maximum absolute atomic E-state index is 13.1. The number of nitrogens with zero attached hydrogens (tertiary/aromatic N) is 2. The van der Waals surface area contributed by atoms with E-state index in [1.807, 2.05) is 54.6 Å². The summed E-state index contributed by atoms with van der Waals surface area (Å²) in [4.78, 5) is 8.85. The Bertz CT molecular complexity index is 1210. The van der Waals surface area contributed by atoms with Gasteiger partial charge in [-0.15, -0.1) is 3.89 Å². The Morgan fingerprint density at radius 1 is 0.778 bits per heavy atom. The van der Waals surface area contributed by atoms with E-state index >= 15 is 0 Å². The number of aromatic nitrogens is 2. The molecule has 0 aliphatic heterocycles. The first kappa shape index (κ1) is 17.1. The van der Waals surface area contributed by atoms with Crippen molar-refractivity contribution in [2.24, 2.45) is 0 Å². The van der Waals surface area contributed by atoms with Gasteiger partial charge >= 0.3 is 10.2 Å². The Balaban J connectivity index is 1.78. The SMILES string of the molecule is O=S(=O)(F)c1ccc(Nc2nc(-c3ccccc3)nc3ccccc23)cc1. The largest absolute Gasteiger partial charge is 0.340 e. The molecule has 4 rings (SSSR count). The zero-order valence-corrected chi connectivity index (χ0v) is 14.8. The zero-order chi connectivity index (χ0) is 18.9. The van der Waals surface area contributed by atoms with Crippen LogP contribution < -0.4 is 5.32 Å². The number of benzene rings is 3. The predicted molar refractivity (Wildman–Crippen MR) is 103 cm³/mol. The van der Waals surface area contributed by atoms with Crippen LogP contribution in [-0.2, 0) is 10.2 Å². The lowest BCUT2D eigenvalue weighted by molar-refractivity contribution is 0.552. The highest BCUT2D eigenvalue weighted by Gasteiger charge is 2.12. The van der Waals surface area contributed by atoms with Crippen molar-refractivity contribution in [3.63, 3.8) is 0 Å². The number of fused-ring (bicyclic) bond motifs is 1. The van der Waals surface area contributed by atoms with Gasteiger partial charge in [0, 0.05) is 16.6 Å². The maximum atomic E-state index is 13.1. The molecule has 7 heteroatoms. The van der Waals surface area contributed by atoms with E-state index < -0.39 is 10.2 Å². The lowest BCUT2D eigenvalue weighted by Crippen LogP contribution is -2.00. The van der Waals surface area contributed by atoms with Crippen molar-refractivity contribution in [3.8, 4) is 11.4 Å². The van der Waals surface area contributed by atoms with E-state index in [1.54, 1.807) is 0 Å². The molecule has 27 heavy (non-hydrogen) atoms. The first-order chi connectivity index (χ1) is 13.0. The summed E-state index contributed by atoms with van der Waals surface area (Å²) in [6.07, 6.45) is 0. The molecule has 0 aliphatic carbocycles. The summed E-state index contributed by atoms with van der Waals surface area (Å²) in [5.74, 6) is 1.15. The first-order valence-electron chi connectivity index (χ1n) is 8.15. The summed E-state index contributed by atoms with van der Waals surface area (Å²) in [5.41, 5.74) is 2.24. The molecule has 0 saturated heterocycles. The van der Waals surface area contributed by atoms with Gasteiger partial charge in [0.15, 0.2) is 5.82 Å². The molecular weight excluding hydrogens is 365 g/mol. The van der Waals surface area contributed by atoms with Crippen molar-refractivity contribution < 1.29 is 12.3 Å². The van der Waals surface area contributed by atoms with Gasteiger partial charge in [-0.3, -0.25) is 0 Å². The van der Waals surface area contributed by atoms with Crippen molar-refractivity contribution >= 4 is 32.6 Å². The molecule has 1 heterocycles. The van der Waals surface area contributed by atoms with Gasteiger partial charge in [-0.05, 0) is 36.4 Å². The average Bonchev–Trinajstić information content (AvgIpc) is 2.68. The van der Waals surface area contributed by atoms with Gasteiger partial charge in [-0.2, -0.15) is 8.42 Å². The molecule has 0 spiro atoms. The number of nitrogens with one attached hydrogen (secondary N) is 1. The maximum Gasteiger partial charge on any atom is 0.332 e. The van der Waals surface area contributed by atoms with Crippen molar-refractivity contribution in [1.82, 2.24) is 9.97 Å². The van der Waals surface area contributed by atoms with E-state index in [0.717, 1.165) is 16.5 Å². The minimum atomic E-state index is -4.72. The van der Waals surface area contributed by atoms with Crippen LogP contribution in [0.4, 0.5) is 15.4 Å². The Morgan fingerprint density at radius 2 is 1.44 bits per heavy atom. The molecule has 134 valence electrons. The van der Waals surface area contributed by atoms with Crippen LogP contribution >= 0.6 is 0 Å². The monoisotopic (exact) mass is 379 g/mol. The first-order valence-corrected chi connectivity index (χ1v) is 9.53. The van der Waals surface area contributed by atoms with Crippen molar-refractivity contribution in [1.29, 1.82) is 0 Å². The molecular formula is C20H14FN3O2S. The summed E-state index contributed by atoms with van der Waals surface area (Å²) in [6, 6.07) is 22.6. The van der Waals surface area contributed by atoms with Gasteiger partial charge in [-0.1, -0.05) is 42.5 Å². The van der Waals surface area contributed by atoms with E-state index in [-0.39, 0.29) is 4.90 Å². The fraction of sp³-hybridized carbons (Fsp3) is 0. The van der Waals surface area contributed by atoms with Crippen LogP contribution in [0, 0.1) is 0 Å². The molecule has 1 aromatic heterocycles. The molecule has 0 saturated carbocycles. The van der Waals surface area contributed by atoms with Crippen LogP contribution in [0.3, 0.4) is 0 Å². The van der Waals surface area contributed by atoms with E-state index in [2.05, 4.69) is 15.3 Å². The van der Waals surface area contributed by atoms with E-state index in [4.69, 9.17) is 0 Å². The lowest BCUT2D eigenvalue weighted by atomic mass is 10.2. The Hall–Kier alpha value is -3.32. The van der Waals surface area contributed by atoms with E-state index in [0.29, 0.717) is 17.3 Å². The van der Waals surface area contributed by atoms with Crippen molar-refractivity contribution in [3.05, 3.63) is 78.9 Å². The molecule has 0 amide bonds. The quantitative estimate of drug-likeness (QED) is 0.521. The van der Waals surface area contributed by atoms with Gasteiger partial charge in [0.2, 0.25) is 0 Å². The highest BCUT2D eigenvalue weighted by molar-refractivity contribution is 7.86. The summed E-state index contributed by atoms with van der Waals surface area (Å²) >= 11 is 0. The number of anilines is 2. The molecule has 0 aliphatic rings. The van der Waals surface area contributed by atoms with E-state index in [9.17, 15) is 12.3 Å². The highest BCUT2D eigenvalue weighted by atomic mass is 32.3. The number of rotatable bonds is 4. The van der Waals surface area contributed by atoms with Crippen LogP contribution in [0.2, 0.25) is 0 Å². The smallest absolute Gasteiger partial charge is 0.332 e. The third kappa shape index (κ3) is 3.63. The normalized spacial score (nSPS) is 11.4.